The number of para-hydroxylation sites is 6. The maximum atomic E-state index is 5.62. The molecular formula is C53H31N5. The van der Waals surface area contributed by atoms with E-state index in [1.165, 1.54) is 43.1 Å². The highest BCUT2D eigenvalue weighted by Crippen LogP contribution is 2.43. The second-order valence-electron chi connectivity index (χ2n) is 15.0. The normalized spacial score (nSPS) is 12.0. The van der Waals surface area contributed by atoms with Gasteiger partial charge in [-0.25, -0.2) is 4.98 Å². The quantitative estimate of drug-likeness (QED) is 0.177. The second kappa shape index (κ2) is 11.7. The molecule has 0 saturated heterocycles. The van der Waals surface area contributed by atoms with Gasteiger partial charge in [0.15, 0.2) is 0 Å². The first kappa shape index (κ1) is 31.2. The van der Waals surface area contributed by atoms with Crippen LogP contribution in [0.25, 0.3) is 110 Å². The van der Waals surface area contributed by atoms with Crippen molar-refractivity contribution in [2.75, 3.05) is 0 Å². The monoisotopic (exact) mass is 737 g/mol. The molecule has 0 aliphatic carbocycles. The van der Waals surface area contributed by atoms with Crippen LogP contribution in [0.2, 0.25) is 0 Å². The number of aromatic nitrogens is 5. The summed E-state index contributed by atoms with van der Waals surface area (Å²) in [5.41, 5.74) is 11.0. The SMILES string of the molecule is c1cccc(-n2c3ccccc3c3ccc4c(c5ccccc5n4-c4cc(-n5c6ccccc6c6ccccc65)nc(-n5c6ccccc6c6ccccc65)c4)c32)c#1. The van der Waals surface area contributed by atoms with E-state index in [0.717, 1.165) is 67.1 Å². The molecular weight excluding hydrogens is 707 g/mol. The van der Waals surface area contributed by atoms with Crippen molar-refractivity contribution in [1.82, 2.24) is 23.3 Å². The molecule has 0 aliphatic rings. The number of hydrogen-bond donors (Lipinski definition) is 0. The minimum absolute atomic E-state index is 0.849. The summed E-state index contributed by atoms with van der Waals surface area (Å²) in [6, 6.07) is 74.0. The van der Waals surface area contributed by atoms with Crippen molar-refractivity contribution in [3.63, 3.8) is 0 Å². The zero-order valence-electron chi connectivity index (χ0n) is 31.1. The van der Waals surface area contributed by atoms with Crippen molar-refractivity contribution >= 4 is 87.2 Å². The zero-order valence-corrected chi connectivity index (χ0v) is 31.1. The lowest BCUT2D eigenvalue weighted by molar-refractivity contribution is 0.997. The lowest BCUT2D eigenvalue weighted by Crippen LogP contribution is -2.06. The van der Waals surface area contributed by atoms with Gasteiger partial charge in [0, 0.05) is 55.2 Å². The Hall–Kier alpha value is -8.07. The fourth-order valence-corrected chi connectivity index (χ4v) is 9.70. The van der Waals surface area contributed by atoms with Crippen molar-refractivity contribution in [2.45, 2.75) is 0 Å². The Kier molecular flexibility index (Phi) is 6.30. The molecule has 0 aliphatic heterocycles. The molecule has 58 heavy (non-hydrogen) atoms. The van der Waals surface area contributed by atoms with Crippen LogP contribution in [-0.2, 0) is 0 Å². The molecule has 0 saturated carbocycles. The third kappa shape index (κ3) is 4.18. The van der Waals surface area contributed by atoms with Gasteiger partial charge in [0.05, 0.1) is 55.5 Å². The van der Waals surface area contributed by atoms with E-state index in [0.29, 0.717) is 0 Å². The molecule has 13 rings (SSSR count). The second-order valence-corrected chi connectivity index (χ2v) is 15.0. The number of pyridine rings is 1. The van der Waals surface area contributed by atoms with Gasteiger partial charge >= 0.3 is 0 Å². The van der Waals surface area contributed by atoms with Crippen molar-refractivity contribution in [2.24, 2.45) is 0 Å². The van der Waals surface area contributed by atoms with Crippen LogP contribution in [0.3, 0.4) is 0 Å². The van der Waals surface area contributed by atoms with Crippen LogP contribution in [-0.4, -0.2) is 23.3 Å². The molecule has 8 aromatic carbocycles. The Balaban J connectivity index is 1.20. The topological polar surface area (TPSA) is 32.6 Å². The van der Waals surface area contributed by atoms with E-state index in [2.05, 4.69) is 206 Å². The van der Waals surface area contributed by atoms with Gasteiger partial charge < -0.3 is 9.13 Å². The Morgan fingerprint density at radius 2 is 0.776 bits per heavy atom. The Morgan fingerprint density at radius 3 is 1.26 bits per heavy atom. The minimum atomic E-state index is 0.849. The predicted octanol–water partition coefficient (Wildman–Crippen LogP) is 13.1. The summed E-state index contributed by atoms with van der Waals surface area (Å²) < 4.78 is 9.46. The van der Waals surface area contributed by atoms with E-state index in [1.807, 2.05) is 12.1 Å². The largest absolute Gasteiger partial charge is 0.309 e. The highest BCUT2D eigenvalue weighted by Gasteiger charge is 2.23. The number of benzene rings is 7. The molecule has 0 atom stereocenters. The summed E-state index contributed by atoms with van der Waals surface area (Å²) in [6.07, 6.45) is 0. The van der Waals surface area contributed by atoms with E-state index < -0.39 is 0 Å². The first-order valence-corrected chi connectivity index (χ1v) is 19.7. The number of nitrogens with zero attached hydrogens (tertiary/aromatic N) is 5. The summed E-state index contributed by atoms with van der Waals surface area (Å²) in [4.78, 5) is 5.62. The molecule has 5 heteroatoms. The van der Waals surface area contributed by atoms with E-state index in [1.54, 1.807) is 0 Å². The molecule has 5 heterocycles. The number of fused-ring (bicyclic) bond motifs is 13. The molecule has 5 nitrogen and oxygen atoms in total. The van der Waals surface area contributed by atoms with Gasteiger partial charge in [-0.1, -0.05) is 127 Å². The minimum Gasteiger partial charge on any atom is -0.309 e. The molecule has 13 aromatic rings. The van der Waals surface area contributed by atoms with Crippen LogP contribution in [0.1, 0.15) is 0 Å². The van der Waals surface area contributed by atoms with E-state index >= 15 is 0 Å². The van der Waals surface area contributed by atoms with Gasteiger partial charge in [0.25, 0.3) is 0 Å². The van der Waals surface area contributed by atoms with Crippen molar-refractivity contribution < 1.29 is 0 Å². The van der Waals surface area contributed by atoms with Crippen molar-refractivity contribution in [1.29, 1.82) is 0 Å². The predicted molar refractivity (Wildman–Crippen MR) is 239 cm³/mol. The summed E-state index contributed by atoms with van der Waals surface area (Å²) in [5.74, 6) is 1.70. The van der Waals surface area contributed by atoms with Crippen LogP contribution in [0.15, 0.2) is 188 Å². The van der Waals surface area contributed by atoms with E-state index in [4.69, 9.17) is 4.98 Å². The molecule has 0 unspecified atom stereocenters. The maximum Gasteiger partial charge on any atom is 0.142 e. The summed E-state index contributed by atoms with van der Waals surface area (Å²) in [5, 5.41) is 9.58. The van der Waals surface area contributed by atoms with Crippen LogP contribution < -0.4 is 0 Å². The summed E-state index contributed by atoms with van der Waals surface area (Å²) in [7, 11) is 0. The molecule has 5 aromatic heterocycles. The van der Waals surface area contributed by atoms with Crippen LogP contribution >= 0.6 is 0 Å². The molecule has 0 fully saturated rings. The third-order valence-corrected chi connectivity index (χ3v) is 12.0. The molecule has 0 N–H and O–H groups in total. The lowest BCUT2D eigenvalue weighted by atomic mass is 10.1. The van der Waals surface area contributed by atoms with Crippen LogP contribution in [0, 0.1) is 12.1 Å². The van der Waals surface area contributed by atoms with E-state index in [9.17, 15) is 0 Å². The standard InChI is InChI=1S/C53H31N5/c1-2-16-34(17-3-1)56-43-24-10-8-22-40(43)41-30-31-49-52(53(41)56)42-23-9-15-29-48(42)55(49)35-32-50(57-44-25-11-4-18-36(44)37-19-5-12-26-45(37)57)54-51(33-35)58-46-27-13-6-20-38(46)39-21-7-14-28-47(39)58/h1-2,4-16,18-33H. The molecule has 0 bridgehead atoms. The van der Waals surface area contributed by atoms with Crippen molar-refractivity contribution in [3.05, 3.63) is 200 Å². The zero-order chi connectivity index (χ0) is 37.9. The maximum absolute atomic E-state index is 5.62. The average molecular weight is 738 g/mol. The van der Waals surface area contributed by atoms with Crippen molar-refractivity contribution in [3.8, 4) is 23.0 Å². The highest BCUT2D eigenvalue weighted by molar-refractivity contribution is 6.26. The fraction of sp³-hybridized carbons (Fsp3) is 0. The summed E-state index contributed by atoms with van der Waals surface area (Å²) >= 11 is 0. The Bertz CT molecular complexity index is 3560. The van der Waals surface area contributed by atoms with Gasteiger partial charge in [-0.05, 0) is 60.7 Å². The Morgan fingerprint density at radius 1 is 0.345 bits per heavy atom. The Labute approximate surface area is 332 Å². The molecule has 0 spiro atoms. The highest BCUT2D eigenvalue weighted by atomic mass is 15.1. The number of rotatable bonds is 4. The van der Waals surface area contributed by atoms with Gasteiger partial charge in [-0.2, -0.15) is 0 Å². The van der Waals surface area contributed by atoms with Gasteiger partial charge in [-0.3, -0.25) is 9.13 Å². The number of hydrogen-bond acceptors (Lipinski definition) is 1. The summed E-state index contributed by atoms with van der Waals surface area (Å²) in [6.45, 7) is 0. The average Bonchev–Trinajstić information content (AvgIpc) is 4.01. The van der Waals surface area contributed by atoms with Crippen LogP contribution in [0.4, 0.5) is 0 Å². The van der Waals surface area contributed by atoms with Gasteiger partial charge in [-0.15, -0.1) is 0 Å². The molecule has 268 valence electrons. The lowest BCUT2D eigenvalue weighted by Gasteiger charge is -2.16. The fourth-order valence-electron chi connectivity index (χ4n) is 9.70. The van der Waals surface area contributed by atoms with Gasteiger partial charge in [0.2, 0.25) is 0 Å². The molecule has 0 amide bonds. The smallest absolute Gasteiger partial charge is 0.142 e. The molecule has 0 radical (unpaired) electrons. The van der Waals surface area contributed by atoms with E-state index in [-0.39, 0.29) is 0 Å². The first-order valence-electron chi connectivity index (χ1n) is 19.7. The van der Waals surface area contributed by atoms with Crippen LogP contribution in [0.5, 0.6) is 0 Å². The van der Waals surface area contributed by atoms with Gasteiger partial charge in [0.1, 0.15) is 11.6 Å². The first-order chi connectivity index (χ1) is 28.8. The third-order valence-electron chi connectivity index (χ3n) is 12.0.